The van der Waals surface area contributed by atoms with Gasteiger partial charge in [-0.05, 0) is 48.2 Å². The molecule has 2 rings (SSSR count). The summed E-state index contributed by atoms with van der Waals surface area (Å²) in [6, 6.07) is 10.1. The highest BCUT2D eigenvalue weighted by Gasteiger charge is 2.10. The molecule has 90 valence electrons. The van der Waals surface area contributed by atoms with Crippen LogP contribution in [0.4, 0.5) is 0 Å². The van der Waals surface area contributed by atoms with Gasteiger partial charge in [0.05, 0.1) is 0 Å². The van der Waals surface area contributed by atoms with Crippen molar-refractivity contribution < 1.29 is 0 Å². The Morgan fingerprint density at radius 1 is 1.29 bits per heavy atom. The third-order valence-corrected chi connectivity index (χ3v) is 4.79. The molecule has 2 aromatic rings. The van der Waals surface area contributed by atoms with Crippen LogP contribution in [0.5, 0.6) is 0 Å². The predicted molar refractivity (Wildman–Crippen MR) is 78.2 cm³/mol. The minimum atomic E-state index is 0.0990. The Labute approximate surface area is 115 Å². The molecule has 0 aliphatic rings. The SMILES string of the molecule is Cc1sccc1C(N)CSc1ccc(Cl)cc1. The molecule has 1 aromatic carbocycles. The van der Waals surface area contributed by atoms with Gasteiger partial charge in [0.2, 0.25) is 0 Å². The van der Waals surface area contributed by atoms with Crippen molar-refractivity contribution in [1.29, 1.82) is 0 Å². The average molecular weight is 284 g/mol. The Balaban J connectivity index is 1.94. The molecule has 0 aliphatic carbocycles. The smallest absolute Gasteiger partial charge is 0.0406 e. The third-order valence-electron chi connectivity index (χ3n) is 2.54. The summed E-state index contributed by atoms with van der Waals surface area (Å²) >= 11 is 9.36. The van der Waals surface area contributed by atoms with Gasteiger partial charge < -0.3 is 5.73 Å². The summed E-state index contributed by atoms with van der Waals surface area (Å²) in [6.07, 6.45) is 0. The zero-order valence-corrected chi connectivity index (χ0v) is 11.9. The molecule has 0 radical (unpaired) electrons. The fourth-order valence-electron chi connectivity index (χ4n) is 1.59. The van der Waals surface area contributed by atoms with Crippen LogP contribution in [0.3, 0.4) is 0 Å². The first kappa shape index (κ1) is 13.0. The van der Waals surface area contributed by atoms with Crippen molar-refractivity contribution in [2.45, 2.75) is 17.9 Å². The summed E-state index contributed by atoms with van der Waals surface area (Å²) in [4.78, 5) is 2.52. The lowest BCUT2D eigenvalue weighted by molar-refractivity contribution is 0.829. The topological polar surface area (TPSA) is 26.0 Å². The van der Waals surface area contributed by atoms with Crippen molar-refractivity contribution in [2.24, 2.45) is 5.73 Å². The van der Waals surface area contributed by atoms with Gasteiger partial charge in [0.1, 0.15) is 0 Å². The molecule has 1 unspecified atom stereocenters. The van der Waals surface area contributed by atoms with Gasteiger partial charge in [-0.15, -0.1) is 23.1 Å². The standard InChI is InChI=1S/C13H14ClNS2/c1-9-12(6-7-16-9)13(15)8-17-11-4-2-10(14)3-5-11/h2-7,13H,8,15H2,1H3. The Morgan fingerprint density at radius 3 is 2.59 bits per heavy atom. The highest BCUT2D eigenvalue weighted by atomic mass is 35.5. The largest absolute Gasteiger partial charge is 0.323 e. The first-order valence-electron chi connectivity index (χ1n) is 5.35. The van der Waals surface area contributed by atoms with Gasteiger partial charge in [0.15, 0.2) is 0 Å². The lowest BCUT2D eigenvalue weighted by Crippen LogP contribution is -2.12. The normalized spacial score (nSPS) is 12.6. The van der Waals surface area contributed by atoms with E-state index in [2.05, 4.69) is 18.4 Å². The maximum atomic E-state index is 6.18. The Hall–Kier alpha value is -0.480. The summed E-state index contributed by atoms with van der Waals surface area (Å²) in [5, 5.41) is 2.87. The van der Waals surface area contributed by atoms with Crippen molar-refractivity contribution in [3.05, 3.63) is 51.2 Å². The van der Waals surface area contributed by atoms with Gasteiger partial charge in [-0.3, -0.25) is 0 Å². The number of thiophene rings is 1. The van der Waals surface area contributed by atoms with Crippen LogP contribution >= 0.6 is 34.7 Å². The van der Waals surface area contributed by atoms with Crippen LogP contribution in [0.2, 0.25) is 5.02 Å². The fourth-order valence-corrected chi connectivity index (χ4v) is 3.37. The minimum Gasteiger partial charge on any atom is -0.323 e. The second-order valence-electron chi connectivity index (χ2n) is 3.80. The fraction of sp³-hybridized carbons (Fsp3) is 0.231. The zero-order chi connectivity index (χ0) is 12.3. The van der Waals surface area contributed by atoms with E-state index in [1.165, 1.54) is 15.3 Å². The molecule has 1 atom stereocenters. The summed E-state index contributed by atoms with van der Waals surface area (Å²) in [7, 11) is 0. The number of hydrogen-bond donors (Lipinski definition) is 1. The van der Waals surface area contributed by atoms with Crippen molar-refractivity contribution in [1.82, 2.24) is 0 Å². The maximum absolute atomic E-state index is 6.18. The van der Waals surface area contributed by atoms with E-state index >= 15 is 0 Å². The van der Waals surface area contributed by atoms with Crippen LogP contribution in [-0.2, 0) is 0 Å². The van der Waals surface area contributed by atoms with Crippen LogP contribution in [0.15, 0.2) is 40.6 Å². The summed E-state index contributed by atoms with van der Waals surface area (Å²) in [6.45, 7) is 2.12. The van der Waals surface area contributed by atoms with Gasteiger partial charge in [0.25, 0.3) is 0 Å². The van der Waals surface area contributed by atoms with E-state index in [1.807, 2.05) is 24.3 Å². The van der Waals surface area contributed by atoms with Crippen LogP contribution in [0.1, 0.15) is 16.5 Å². The maximum Gasteiger partial charge on any atom is 0.0406 e. The monoisotopic (exact) mass is 283 g/mol. The van der Waals surface area contributed by atoms with Crippen LogP contribution in [-0.4, -0.2) is 5.75 Å². The van der Waals surface area contributed by atoms with Gasteiger partial charge in [-0.25, -0.2) is 0 Å². The lowest BCUT2D eigenvalue weighted by atomic mass is 10.1. The summed E-state index contributed by atoms with van der Waals surface area (Å²) in [5.41, 5.74) is 7.44. The van der Waals surface area contributed by atoms with E-state index in [4.69, 9.17) is 17.3 Å². The molecular formula is C13H14ClNS2. The molecule has 17 heavy (non-hydrogen) atoms. The molecule has 0 amide bonds. The van der Waals surface area contributed by atoms with Crippen LogP contribution in [0.25, 0.3) is 0 Å². The number of halogens is 1. The molecule has 0 aliphatic heterocycles. The molecule has 4 heteroatoms. The number of aryl methyl sites for hydroxylation is 1. The summed E-state index contributed by atoms with van der Waals surface area (Å²) < 4.78 is 0. The second kappa shape index (κ2) is 5.91. The Kier molecular flexibility index (Phi) is 4.51. The average Bonchev–Trinajstić information content (AvgIpc) is 2.74. The zero-order valence-electron chi connectivity index (χ0n) is 9.52. The Morgan fingerprint density at radius 2 is 2.00 bits per heavy atom. The van der Waals surface area contributed by atoms with E-state index in [9.17, 15) is 0 Å². The van der Waals surface area contributed by atoms with Crippen LogP contribution in [0, 0.1) is 6.92 Å². The second-order valence-corrected chi connectivity index (χ2v) is 6.45. The van der Waals surface area contributed by atoms with Crippen LogP contribution < -0.4 is 5.73 Å². The Bertz CT molecular complexity index is 478. The van der Waals surface area contributed by atoms with E-state index in [-0.39, 0.29) is 6.04 Å². The first-order valence-corrected chi connectivity index (χ1v) is 7.59. The lowest BCUT2D eigenvalue weighted by Gasteiger charge is -2.11. The highest BCUT2D eigenvalue weighted by Crippen LogP contribution is 2.27. The minimum absolute atomic E-state index is 0.0990. The first-order chi connectivity index (χ1) is 8.16. The summed E-state index contributed by atoms with van der Waals surface area (Å²) in [5.74, 6) is 0.888. The third kappa shape index (κ3) is 3.49. The van der Waals surface area contributed by atoms with E-state index < -0.39 is 0 Å². The van der Waals surface area contributed by atoms with E-state index in [1.54, 1.807) is 23.1 Å². The van der Waals surface area contributed by atoms with Crippen molar-refractivity contribution in [3.8, 4) is 0 Å². The molecule has 0 saturated heterocycles. The molecule has 0 fully saturated rings. The molecular weight excluding hydrogens is 270 g/mol. The van der Waals surface area contributed by atoms with Gasteiger partial charge in [-0.2, -0.15) is 0 Å². The quantitative estimate of drug-likeness (QED) is 0.836. The van der Waals surface area contributed by atoms with Gasteiger partial charge in [0, 0.05) is 26.6 Å². The molecule has 0 spiro atoms. The molecule has 2 N–H and O–H groups in total. The van der Waals surface area contributed by atoms with Gasteiger partial charge >= 0.3 is 0 Å². The number of hydrogen-bond acceptors (Lipinski definition) is 3. The predicted octanol–water partition coefficient (Wildman–Crippen LogP) is 4.50. The van der Waals surface area contributed by atoms with Crippen molar-refractivity contribution in [2.75, 3.05) is 5.75 Å². The number of rotatable bonds is 4. The van der Waals surface area contributed by atoms with Gasteiger partial charge in [-0.1, -0.05) is 11.6 Å². The van der Waals surface area contributed by atoms with Crippen molar-refractivity contribution >= 4 is 34.7 Å². The number of thioether (sulfide) groups is 1. The number of benzene rings is 1. The molecule has 0 bridgehead atoms. The number of nitrogens with two attached hydrogens (primary N) is 1. The molecule has 0 saturated carbocycles. The molecule has 1 aromatic heterocycles. The van der Waals surface area contributed by atoms with Crippen molar-refractivity contribution in [3.63, 3.8) is 0 Å². The van der Waals surface area contributed by atoms with E-state index in [0.29, 0.717) is 0 Å². The molecule has 1 heterocycles. The van der Waals surface area contributed by atoms with E-state index in [0.717, 1.165) is 10.8 Å². The molecule has 1 nitrogen and oxygen atoms in total. The highest BCUT2D eigenvalue weighted by molar-refractivity contribution is 7.99.